The van der Waals surface area contributed by atoms with Gasteiger partial charge in [0.2, 0.25) is 5.89 Å². The Labute approximate surface area is 147 Å². The molecule has 1 aromatic carbocycles. The predicted octanol–water partition coefficient (Wildman–Crippen LogP) is 2.56. The van der Waals surface area contributed by atoms with Crippen molar-refractivity contribution in [1.82, 2.24) is 20.8 Å². The highest BCUT2D eigenvalue weighted by molar-refractivity contribution is 5.80. The van der Waals surface area contributed by atoms with Gasteiger partial charge in [0.25, 0.3) is 0 Å². The zero-order chi connectivity index (χ0) is 17.9. The van der Waals surface area contributed by atoms with Crippen LogP contribution in [0.25, 0.3) is 0 Å². The molecule has 134 valence electrons. The van der Waals surface area contributed by atoms with E-state index in [0.29, 0.717) is 30.8 Å². The van der Waals surface area contributed by atoms with Crippen LogP contribution in [-0.4, -0.2) is 29.8 Å². The van der Waals surface area contributed by atoms with Gasteiger partial charge in [-0.05, 0) is 6.07 Å². The van der Waals surface area contributed by atoms with Gasteiger partial charge < -0.3 is 19.9 Å². The molecule has 1 aliphatic rings. The summed E-state index contributed by atoms with van der Waals surface area (Å²) < 4.78 is 11.0. The Kier molecular flexibility index (Phi) is 4.92. The zero-order valence-electron chi connectivity index (χ0n) is 15.2. The molecule has 0 aliphatic carbocycles. The van der Waals surface area contributed by atoms with Crippen LogP contribution in [0.1, 0.15) is 50.5 Å². The normalized spacial score (nSPS) is 17.6. The molecule has 25 heavy (non-hydrogen) atoms. The van der Waals surface area contributed by atoms with E-state index in [4.69, 9.17) is 9.26 Å². The lowest BCUT2D eigenvalue weighted by atomic mass is 9.97. The first-order chi connectivity index (χ1) is 12.0. The smallest absolute Gasteiger partial charge is 0.232 e. The lowest BCUT2D eigenvalue weighted by molar-refractivity contribution is 0.261. The van der Waals surface area contributed by atoms with Crippen molar-refractivity contribution in [2.24, 2.45) is 4.99 Å². The standard InChI is InChI=1S/C18H25N5O2/c1-18(2,3)16-22-15(23-25-16)11-20-17(19-4)21-13-9-10-24-14-8-6-5-7-12(13)14/h5-8,13H,9-11H2,1-4H3,(H2,19,20,21). The average Bonchev–Trinajstić information content (AvgIpc) is 3.08. The van der Waals surface area contributed by atoms with Gasteiger partial charge in [-0.3, -0.25) is 4.99 Å². The number of hydrogen-bond donors (Lipinski definition) is 2. The number of nitrogens with one attached hydrogen (secondary N) is 2. The maximum absolute atomic E-state index is 5.70. The van der Waals surface area contributed by atoms with Crippen molar-refractivity contribution >= 4 is 5.96 Å². The molecule has 3 rings (SSSR count). The van der Waals surface area contributed by atoms with E-state index in [1.165, 1.54) is 0 Å². The summed E-state index contributed by atoms with van der Waals surface area (Å²) in [6.45, 7) is 7.26. The molecule has 0 saturated heterocycles. The average molecular weight is 343 g/mol. The third-order valence-electron chi connectivity index (χ3n) is 4.02. The van der Waals surface area contributed by atoms with Gasteiger partial charge in [0.1, 0.15) is 5.75 Å². The number of para-hydroxylation sites is 1. The van der Waals surface area contributed by atoms with Crippen molar-refractivity contribution in [2.75, 3.05) is 13.7 Å². The molecule has 2 heterocycles. The van der Waals surface area contributed by atoms with Crippen LogP contribution in [0.2, 0.25) is 0 Å². The molecule has 1 atom stereocenters. The highest BCUT2D eigenvalue weighted by Crippen LogP contribution is 2.31. The number of ether oxygens (including phenoxy) is 1. The second kappa shape index (κ2) is 7.13. The number of guanidine groups is 1. The fraction of sp³-hybridized carbons (Fsp3) is 0.500. The number of fused-ring (bicyclic) bond motifs is 1. The quantitative estimate of drug-likeness (QED) is 0.658. The van der Waals surface area contributed by atoms with Crippen molar-refractivity contribution in [1.29, 1.82) is 0 Å². The zero-order valence-corrected chi connectivity index (χ0v) is 15.2. The van der Waals surface area contributed by atoms with Crippen LogP contribution in [0.15, 0.2) is 33.8 Å². The molecule has 0 fully saturated rings. The number of rotatable bonds is 3. The van der Waals surface area contributed by atoms with Crippen LogP contribution in [0.4, 0.5) is 0 Å². The second-order valence-electron chi connectivity index (χ2n) is 7.06. The topological polar surface area (TPSA) is 84.6 Å². The monoisotopic (exact) mass is 343 g/mol. The molecule has 0 spiro atoms. The van der Waals surface area contributed by atoms with Crippen LogP contribution in [0, 0.1) is 0 Å². The Morgan fingerprint density at radius 1 is 1.32 bits per heavy atom. The Morgan fingerprint density at radius 3 is 2.84 bits per heavy atom. The van der Waals surface area contributed by atoms with Gasteiger partial charge in [0.05, 0.1) is 19.2 Å². The third-order valence-corrected chi connectivity index (χ3v) is 4.02. The van der Waals surface area contributed by atoms with Gasteiger partial charge in [-0.25, -0.2) is 0 Å². The fourth-order valence-corrected chi connectivity index (χ4v) is 2.64. The minimum absolute atomic E-state index is 0.156. The molecule has 1 unspecified atom stereocenters. The summed E-state index contributed by atoms with van der Waals surface area (Å²) in [5.74, 6) is 2.87. The first kappa shape index (κ1) is 17.3. The van der Waals surface area contributed by atoms with Crippen molar-refractivity contribution in [2.45, 2.75) is 45.2 Å². The summed E-state index contributed by atoms with van der Waals surface area (Å²) in [5, 5.41) is 10.7. The summed E-state index contributed by atoms with van der Waals surface area (Å²) in [7, 11) is 1.75. The molecule has 0 bridgehead atoms. The number of benzene rings is 1. The van der Waals surface area contributed by atoms with Crippen molar-refractivity contribution in [3.8, 4) is 5.75 Å². The van der Waals surface area contributed by atoms with Gasteiger partial charge in [0.15, 0.2) is 11.8 Å². The Morgan fingerprint density at radius 2 is 2.12 bits per heavy atom. The molecular formula is C18H25N5O2. The van der Waals surface area contributed by atoms with E-state index in [1.807, 2.05) is 39.0 Å². The summed E-state index contributed by atoms with van der Waals surface area (Å²) in [4.78, 5) is 8.72. The molecule has 2 N–H and O–H groups in total. The maximum atomic E-state index is 5.70. The highest BCUT2D eigenvalue weighted by Gasteiger charge is 2.23. The van der Waals surface area contributed by atoms with Gasteiger partial charge in [-0.1, -0.05) is 44.1 Å². The second-order valence-corrected chi connectivity index (χ2v) is 7.06. The van der Waals surface area contributed by atoms with Gasteiger partial charge in [-0.2, -0.15) is 4.98 Å². The molecular weight excluding hydrogens is 318 g/mol. The van der Waals surface area contributed by atoms with E-state index in [1.54, 1.807) is 7.05 Å². The molecule has 2 aromatic rings. The van der Waals surface area contributed by atoms with Crippen molar-refractivity contribution in [3.63, 3.8) is 0 Å². The van der Waals surface area contributed by atoms with Crippen LogP contribution in [0.3, 0.4) is 0 Å². The van der Waals surface area contributed by atoms with E-state index in [-0.39, 0.29) is 11.5 Å². The van der Waals surface area contributed by atoms with E-state index < -0.39 is 0 Å². The van der Waals surface area contributed by atoms with Gasteiger partial charge in [0, 0.05) is 24.4 Å². The number of hydrogen-bond acceptors (Lipinski definition) is 5. The summed E-state index contributed by atoms with van der Waals surface area (Å²) in [6.07, 6.45) is 0.883. The Bertz CT molecular complexity index is 748. The first-order valence-electron chi connectivity index (χ1n) is 8.49. The third kappa shape index (κ3) is 4.10. The van der Waals surface area contributed by atoms with Gasteiger partial charge >= 0.3 is 0 Å². The largest absolute Gasteiger partial charge is 0.493 e. The van der Waals surface area contributed by atoms with E-state index in [9.17, 15) is 0 Å². The molecule has 0 radical (unpaired) electrons. The van der Waals surface area contributed by atoms with E-state index in [2.05, 4.69) is 31.8 Å². The lowest BCUT2D eigenvalue weighted by Gasteiger charge is -2.27. The van der Waals surface area contributed by atoms with Crippen molar-refractivity contribution in [3.05, 3.63) is 41.5 Å². The summed E-state index contributed by atoms with van der Waals surface area (Å²) in [6, 6.07) is 8.23. The first-order valence-corrected chi connectivity index (χ1v) is 8.49. The number of nitrogens with zero attached hydrogens (tertiary/aromatic N) is 3. The highest BCUT2D eigenvalue weighted by atomic mass is 16.5. The molecule has 0 saturated carbocycles. The SMILES string of the molecule is CN=C(NCc1noc(C(C)(C)C)n1)NC1CCOc2ccccc21. The van der Waals surface area contributed by atoms with Crippen molar-refractivity contribution < 1.29 is 9.26 Å². The van der Waals surface area contributed by atoms with Crippen LogP contribution < -0.4 is 15.4 Å². The molecule has 7 nitrogen and oxygen atoms in total. The van der Waals surface area contributed by atoms with Gasteiger partial charge in [-0.15, -0.1) is 0 Å². The van der Waals surface area contributed by atoms with Crippen LogP contribution in [-0.2, 0) is 12.0 Å². The predicted molar refractivity (Wildman–Crippen MR) is 95.6 cm³/mol. The van der Waals surface area contributed by atoms with E-state index >= 15 is 0 Å². The fourth-order valence-electron chi connectivity index (χ4n) is 2.64. The lowest BCUT2D eigenvalue weighted by Crippen LogP contribution is -2.40. The summed E-state index contributed by atoms with van der Waals surface area (Å²) in [5.41, 5.74) is 0.989. The number of aliphatic imine (C=N–C) groups is 1. The molecule has 1 aromatic heterocycles. The van der Waals surface area contributed by atoms with Crippen LogP contribution in [0.5, 0.6) is 5.75 Å². The Balaban J connectivity index is 1.62. The number of aromatic nitrogens is 2. The summed E-state index contributed by atoms with van der Waals surface area (Å²) >= 11 is 0. The minimum Gasteiger partial charge on any atom is -0.493 e. The Hall–Kier alpha value is -2.57. The van der Waals surface area contributed by atoms with E-state index in [0.717, 1.165) is 17.7 Å². The van der Waals surface area contributed by atoms with Crippen LogP contribution >= 0.6 is 0 Å². The molecule has 7 heteroatoms. The molecule has 1 aliphatic heterocycles. The maximum Gasteiger partial charge on any atom is 0.232 e. The minimum atomic E-state index is -0.156. The molecule has 0 amide bonds.